The molecule has 7 heteroatoms. The van der Waals surface area contributed by atoms with Gasteiger partial charge in [0, 0.05) is 18.5 Å². The van der Waals surface area contributed by atoms with Gasteiger partial charge in [-0.25, -0.2) is 4.79 Å². The van der Waals surface area contributed by atoms with Crippen LogP contribution in [0.25, 0.3) is 0 Å². The molecule has 0 radical (unpaired) electrons. The molecular formula is C26H29Cl2NO4. The summed E-state index contributed by atoms with van der Waals surface area (Å²) in [5.74, 6) is 1.05. The maximum absolute atomic E-state index is 12.7. The van der Waals surface area contributed by atoms with E-state index in [0.717, 1.165) is 36.4 Å². The van der Waals surface area contributed by atoms with Crippen LogP contribution in [0.5, 0.6) is 11.5 Å². The maximum atomic E-state index is 12.7. The Hall–Kier alpha value is -2.21. The third kappa shape index (κ3) is 4.23. The summed E-state index contributed by atoms with van der Waals surface area (Å²) in [5, 5.41) is 0.710. The molecular weight excluding hydrogens is 461 g/mol. The fourth-order valence-corrected chi connectivity index (χ4v) is 5.40. The SMILES string of the molecule is C=C(C)[C@@]12CCN(C)Cc3ccc(OC)c(c31)OC2C[C@H](C)OC(=O)c1ccc(Cl)c(Cl)c1. The van der Waals surface area contributed by atoms with Crippen LogP contribution in [0.1, 0.15) is 48.2 Å². The van der Waals surface area contributed by atoms with Crippen LogP contribution in [0.15, 0.2) is 42.5 Å². The monoisotopic (exact) mass is 489 g/mol. The summed E-state index contributed by atoms with van der Waals surface area (Å²) in [5.41, 5.74) is 3.40. The molecule has 0 aliphatic carbocycles. The van der Waals surface area contributed by atoms with Crippen molar-refractivity contribution in [1.82, 2.24) is 4.90 Å². The quantitative estimate of drug-likeness (QED) is 0.365. The van der Waals surface area contributed by atoms with E-state index in [2.05, 4.69) is 31.5 Å². The minimum atomic E-state index is -0.445. The number of halogens is 2. The predicted octanol–water partition coefficient (Wildman–Crippen LogP) is 6.05. The second-order valence-electron chi connectivity index (χ2n) is 9.06. The molecule has 2 heterocycles. The van der Waals surface area contributed by atoms with E-state index in [4.69, 9.17) is 37.4 Å². The second-order valence-corrected chi connectivity index (χ2v) is 9.87. The van der Waals surface area contributed by atoms with E-state index in [0.29, 0.717) is 27.8 Å². The molecule has 2 aliphatic rings. The van der Waals surface area contributed by atoms with Gasteiger partial charge in [0.25, 0.3) is 0 Å². The number of carbonyl (C=O) groups is 1. The zero-order valence-corrected chi connectivity index (χ0v) is 20.9. The Morgan fingerprint density at radius 2 is 2.06 bits per heavy atom. The zero-order valence-electron chi connectivity index (χ0n) is 19.4. The van der Waals surface area contributed by atoms with Crippen LogP contribution >= 0.6 is 23.2 Å². The lowest BCUT2D eigenvalue weighted by molar-refractivity contribution is 0.0180. The molecule has 176 valence electrons. The van der Waals surface area contributed by atoms with E-state index in [1.54, 1.807) is 19.2 Å². The van der Waals surface area contributed by atoms with E-state index in [1.807, 2.05) is 13.0 Å². The summed E-state index contributed by atoms with van der Waals surface area (Å²) in [6.45, 7) is 10.1. The van der Waals surface area contributed by atoms with Gasteiger partial charge in [-0.3, -0.25) is 0 Å². The minimum Gasteiger partial charge on any atom is -0.493 e. The molecule has 0 bridgehead atoms. The van der Waals surface area contributed by atoms with Crippen molar-refractivity contribution in [2.24, 2.45) is 0 Å². The van der Waals surface area contributed by atoms with Gasteiger partial charge in [-0.05, 0) is 63.7 Å². The van der Waals surface area contributed by atoms with Gasteiger partial charge in [-0.15, -0.1) is 0 Å². The topological polar surface area (TPSA) is 48.0 Å². The number of esters is 1. The first-order valence-electron chi connectivity index (χ1n) is 11.0. The number of hydrogen-bond acceptors (Lipinski definition) is 5. The first-order valence-corrected chi connectivity index (χ1v) is 11.8. The van der Waals surface area contributed by atoms with Gasteiger partial charge in [0.2, 0.25) is 0 Å². The Balaban J connectivity index is 1.63. The fourth-order valence-electron chi connectivity index (χ4n) is 5.10. The van der Waals surface area contributed by atoms with Crippen LogP contribution in [-0.2, 0) is 16.7 Å². The Labute approximate surface area is 205 Å². The van der Waals surface area contributed by atoms with E-state index in [1.165, 1.54) is 11.6 Å². The highest BCUT2D eigenvalue weighted by atomic mass is 35.5. The summed E-state index contributed by atoms with van der Waals surface area (Å²) < 4.78 is 18.0. The molecule has 4 rings (SSSR count). The number of nitrogens with zero attached hydrogens (tertiary/aromatic N) is 1. The summed E-state index contributed by atoms with van der Waals surface area (Å²) in [6.07, 6.45) is 0.756. The molecule has 0 aromatic heterocycles. The first kappa shape index (κ1) is 23.9. The van der Waals surface area contributed by atoms with Gasteiger partial charge in [-0.2, -0.15) is 0 Å². The van der Waals surface area contributed by atoms with Crippen LogP contribution in [0.4, 0.5) is 0 Å². The van der Waals surface area contributed by atoms with Crippen LogP contribution in [-0.4, -0.2) is 43.8 Å². The van der Waals surface area contributed by atoms with Gasteiger partial charge in [0.05, 0.1) is 28.1 Å². The third-order valence-electron chi connectivity index (χ3n) is 6.78. The van der Waals surface area contributed by atoms with Gasteiger partial charge in [-0.1, -0.05) is 41.4 Å². The molecule has 2 aromatic carbocycles. The van der Waals surface area contributed by atoms with Crippen molar-refractivity contribution in [3.63, 3.8) is 0 Å². The van der Waals surface area contributed by atoms with Crippen molar-refractivity contribution in [1.29, 1.82) is 0 Å². The molecule has 0 amide bonds. The number of carbonyl (C=O) groups excluding carboxylic acids is 1. The summed E-state index contributed by atoms with van der Waals surface area (Å²) in [7, 11) is 3.78. The number of benzene rings is 2. The number of ether oxygens (including phenoxy) is 3. The summed E-state index contributed by atoms with van der Waals surface area (Å²) >= 11 is 12.0. The molecule has 0 saturated heterocycles. The molecule has 2 aromatic rings. The second kappa shape index (κ2) is 9.21. The molecule has 0 spiro atoms. The highest BCUT2D eigenvalue weighted by Gasteiger charge is 2.53. The Morgan fingerprint density at radius 3 is 2.73 bits per heavy atom. The summed E-state index contributed by atoms with van der Waals surface area (Å²) in [4.78, 5) is 15.0. The highest BCUT2D eigenvalue weighted by molar-refractivity contribution is 6.42. The van der Waals surface area contributed by atoms with Gasteiger partial charge >= 0.3 is 5.97 Å². The fraction of sp³-hybridized carbons (Fsp3) is 0.423. The van der Waals surface area contributed by atoms with Crippen molar-refractivity contribution in [3.8, 4) is 11.5 Å². The normalized spacial score (nSPS) is 22.7. The molecule has 0 N–H and O–H groups in total. The molecule has 0 fully saturated rings. The van der Waals surface area contributed by atoms with E-state index in [9.17, 15) is 4.79 Å². The Morgan fingerprint density at radius 1 is 1.30 bits per heavy atom. The standard InChI is InChI=1S/C26H29Cl2NO4/c1-15(2)26-10-11-29(4)14-18-7-9-21(31-5)24(23(18)26)33-22(26)12-16(3)32-25(30)17-6-8-19(27)20(28)13-17/h6-9,13,16,22H,1,10-12,14H2,2-5H3/t16-,22?,26+/m0/s1. The van der Waals surface area contributed by atoms with Crippen molar-refractivity contribution in [2.45, 2.75) is 50.9 Å². The molecule has 33 heavy (non-hydrogen) atoms. The molecule has 3 atom stereocenters. The highest BCUT2D eigenvalue weighted by Crippen LogP contribution is 2.56. The van der Waals surface area contributed by atoms with Crippen molar-refractivity contribution in [2.75, 3.05) is 20.7 Å². The third-order valence-corrected chi connectivity index (χ3v) is 7.52. The van der Waals surface area contributed by atoms with Crippen molar-refractivity contribution in [3.05, 3.63) is 69.2 Å². The van der Waals surface area contributed by atoms with Gasteiger partial charge in [0.15, 0.2) is 11.5 Å². The average Bonchev–Trinajstić information content (AvgIpc) is 3.00. The first-order chi connectivity index (χ1) is 15.7. The van der Waals surface area contributed by atoms with Crippen LogP contribution in [0.3, 0.4) is 0 Å². The Bertz CT molecular complexity index is 1100. The van der Waals surface area contributed by atoms with E-state index >= 15 is 0 Å². The maximum Gasteiger partial charge on any atom is 0.338 e. The lowest BCUT2D eigenvalue weighted by atomic mass is 9.67. The van der Waals surface area contributed by atoms with Crippen LogP contribution < -0.4 is 9.47 Å². The smallest absolute Gasteiger partial charge is 0.338 e. The minimum absolute atomic E-state index is 0.233. The number of rotatable bonds is 6. The van der Waals surface area contributed by atoms with Crippen LogP contribution in [0.2, 0.25) is 10.0 Å². The zero-order chi connectivity index (χ0) is 23.9. The number of methoxy groups -OCH3 is 1. The summed E-state index contributed by atoms with van der Waals surface area (Å²) in [6, 6.07) is 8.81. The number of hydrogen-bond donors (Lipinski definition) is 0. The lowest BCUT2D eigenvalue weighted by Gasteiger charge is -2.36. The van der Waals surface area contributed by atoms with Crippen molar-refractivity contribution < 1.29 is 19.0 Å². The lowest BCUT2D eigenvalue weighted by Crippen LogP contribution is -2.42. The van der Waals surface area contributed by atoms with Crippen molar-refractivity contribution >= 4 is 29.2 Å². The molecule has 1 unspecified atom stereocenters. The molecule has 5 nitrogen and oxygen atoms in total. The van der Waals surface area contributed by atoms with Crippen LogP contribution in [0, 0.1) is 0 Å². The Kier molecular flexibility index (Phi) is 6.68. The largest absolute Gasteiger partial charge is 0.493 e. The average molecular weight is 490 g/mol. The molecule has 2 aliphatic heterocycles. The van der Waals surface area contributed by atoms with E-state index < -0.39 is 12.1 Å². The van der Waals surface area contributed by atoms with Gasteiger partial charge in [0.1, 0.15) is 12.2 Å². The van der Waals surface area contributed by atoms with Gasteiger partial charge < -0.3 is 19.1 Å². The van der Waals surface area contributed by atoms with E-state index in [-0.39, 0.29) is 11.5 Å². The molecule has 0 saturated carbocycles. The predicted molar refractivity (Wildman–Crippen MR) is 131 cm³/mol.